The van der Waals surface area contributed by atoms with Crippen LogP contribution in [0.3, 0.4) is 0 Å². The highest BCUT2D eigenvalue weighted by molar-refractivity contribution is 5.66. The number of hydrogen-bond donors (Lipinski definition) is 1. The standard InChI is InChI=1S/C9H14O3.C2H6/c1-3-5-8(4-2)12-7-6-9(10)11;1-2/h4-5H,2-3,6-7H2,1H3,(H,10,11);1-2H3/b8-5+;. The molecule has 0 rings (SSSR count). The molecule has 0 unspecified atom stereocenters. The van der Waals surface area contributed by atoms with E-state index in [0.717, 1.165) is 6.42 Å². The minimum absolute atomic E-state index is 0.0227. The summed E-state index contributed by atoms with van der Waals surface area (Å²) in [4.78, 5) is 10.1. The van der Waals surface area contributed by atoms with E-state index < -0.39 is 5.97 Å². The average molecular weight is 200 g/mol. The van der Waals surface area contributed by atoms with Crippen molar-refractivity contribution in [2.45, 2.75) is 33.6 Å². The van der Waals surface area contributed by atoms with Crippen molar-refractivity contribution < 1.29 is 14.6 Å². The van der Waals surface area contributed by atoms with Crippen LogP contribution in [-0.4, -0.2) is 17.7 Å². The molecule has 0 saturated carbocycles. The highest BCUT2D eigenvalue weighted by atomic mass is 16.5. The first kappa shape index (κ1) is 15.2. The van der Waals surface area contributed by atoms with Crippen molar-refractivity contribution >= 4 is 5.97 Å². The van der Waals surface area contributed by atoms with Crippen molar-refractivity contribution in [2.24, 2.45) is 0 Å². The smallest absolute Gasteiger partial charge is 0.306 e. The fourth-order valence-corrected chi connectivity index (χ4v) is 0.659. The van der Waals surface area contributed by atoms with Gasteiger partial charge in [-0.1, -0.05) is 27.4 Å². The normalized spacial score (nSPS) is 9.79. The Morgan fingerprint density at radius 2 is 2.07 bits per heavy atom. The highest BCUT2D eigenvalue weighted by Crippen LogP contribution is 2.00. The first-order valence-corrected chi connectivity index (χ1v) is 4.88. The summed E-state index contributed by atoms with van der Waals surface area (Å²) in [5.41, 5.74) is 0. The van der Waals surface area contributed by atoms with Crippen LogP contribution in [0.25, 0.3) is 0 Å². The molecule has 3 heteroatoms. The largest absolute Gasteiger partial charge is 0.493 e. The maximum Gasteiger partial charge on any atom is 0.306 e. The molecule has 0 aliphatic heterocycles. The summed E-state index contributed by atoms with van der Waals surface area (Å²) in [6.45, 7) is 9.71. The van der Waals surface area contributed by atoms with Crippen LogP contribution in [0, 0.1) is 0 Å². The van der Waals surface area contributed by atoms with Gasteiger partial charge in [-0.2, -0.15) is 0 Å². The maximum absolute atomic E-state index is 10.1. The van der Waals surface area contributed by atoms with Gasteiger partial charge in [0.1, 0.15) is 5.76 Å². The predicted octanol–water partition coefficient (Wildman–Crippen LogP) is 2.98. The number of allylic oxidation sites excluding steroid dienone is 2. The van der Waals surface area contributed by atoms with E-state index in [2.05, 4.69) is 6.58 Å². The molecule has 0 aromatic rings. The van der Waals surface area contributed by atoms with Crippen LogP contribution < -0.4 is 0 Å². The number of carboxylic acid groups (broad SMARTS) is 1. The second-order valence-corrected chi connectivity index (χ2v) is 2.21. The molecule has 82 valence electrons. The van der Waals surface area contributed by atoms with Crippen LogP contribution in [0.5, 0.6) is 0 Å². The Hall–Kier alpha value is -1.25. The molecule has 0 amide bonds. The van der Waals surface area contributed by atoms with Gasteiger partial charge in [0.2, 0.25) is 0 Å². The van der Waals surface area contributed by atoms with Crippen LogP contribution in [0.15, 0.2) is 24.5 Å². The van der Waals surface area contributed by atoms with Crippen molar-refractivity contribution in [1.82, 2.24) is 0 Å². The molecule has 0 saturated heterocycles. The molecular formula is C11H20O3. The highest BCUT2D eigenvalue weighted by Gasteiger charge is 1.97. The van der Waals surface area contributed by atoms with E-state index >= 15 is 0 Å². The molecule has 0 bridgehead atoms. The fraction of sp³-hybridized carbons (Fsp3) is 0.545. The van der Waals surface area contributed by atoms with Crippen LogP contribution in [0.4, 0.5) is 0 Å². The van der Waals surface area contributed by atoms with Crippen LogP contribution in [-0.2, 0) is 9.53 Å². The Morgan fingerprint density at radius 1 is 1.50 bits per heavy atom. The SMILES string of the molecule is C=C/C(=C\CC)OCCC(=O)O.CC. The topological polar surface area (TPSA) is 46.5 Å². The third-order valence-electron chi connectivity index (χ3n) is 1.19. The van der Waals surface area contributed by atoms with Gasteiger partial charge in [-0.25, -0.2) is 0 Å². The number of hydrogen-bond acceptors (Lipinski definition) is 2. The van der Waals surface area contributed by atoms with Gasteiger partial charge in [0.05, 0.1) is 13.0 Å². The van der Waals surface area contributed by atoms with Gasteiger partial charge in [0.25, 0.3) is 0 Å². The lowest BCUT2D eigenvalue weighted by Crippen LogP contribution is -2.01. The summed E-state index contributed by atoms with van der Waals surface area (Å²) in [6.07, 6.45) is 4.31. The second-order valence-electron chi connectivity index (χ2n) is 2.21. The number of aliphatic carboxylic acids is 1. The van der Waals surface area contributed by atoms with Crippen molar-refractivity contribution in [3.63, 3.8) is 0 Å². The third kappa shape index (κ3) is 10.8. The van der Waals surface area contributed by atoms with Crippen molar-refractivity contribution in [1.29, 1.82) is 0 Å². The summed E-state index contributed by atoms with van der Waals surface area (Å²) >= 11 is 0. The van der Waals surface area contributed by atoms with Gasteiger partial charge in [0, 0.05) is 0 Å². The quantitative estimate of drug-likeness (QED) is 0.529. The van der Waals surface area contributed by atoms with E-state index in [1.54, 1.807) is 6.08 Å². The van der Waals surface area contributed by atoms with Crippen molar-refractivity contribution in [3.05, 3.63) is 24.5 Å². The lowest BCUT2D eigenvalue weighted by atomic mass is 10.3. The zero-order valence-corrected chi connectivity index (χ0v) is 9.25. The molecule has 1 N–H and O–H groups in total. The minimum atomic E-state index is -0.852. The molecular weight excluding hydrogens is 180 g/mol. The molecule has 0 aromatic carbocycles. The van der Waals surface area contributed by atoms with Gasteiger partial charge >= 0.3 is 5.97 Å². The molecule has 0 spiro atoms. The third-order valence-corrected chi connectivity index (χ3v) is 1.19. The average Bonchev–Trinajstić information content (AvgIpc) is 2.19. The summed E-state index contributed by atoms with van der Waals surface area (Å²) in [5, 5.41) is 8.30. The monoisotopic (exact) mass is 200 g/mol. The van der Waals surface area contributed by atoms with E-state index in [0.29, 0.717) is 5.76 Å². The summed E-state index contributed by atoms with van der Waals surface area (Å²) in [5.74, 6) is -0.200. The molecule has 0 aliphatic rings. The lowest BCUT2D eigenvalue weighted by molar-refractivity contribution is -0.137. The molecule has 14 heavy (non-hydrogen) atoms. The van der Waals surface area contributed by atoms with E-state index in [9.17, 15) is 4.79 Å². The van der Waals surface area contributed by atoms with Gasteiger partial charge in [-0.15, -0.1) is 0 Å². The van der Waals surface area contributed by atoms with Crippen LogP contribution in [0.1, 0.15) is 33.6 Å². The molecule has 0 atom stereocenters. The van der Waals surface area contributed by atoms with E-state index in [1.807, 2.05) is 26.8 Å². The summed E-state index contributed by atoms with van der Waals surface area (Å²) in [6, 6.07) is 0. The molecule has 0 radical (unpaired) electrons. The van der Waals surface area contributed by atoms with Crippen molar-refractivity contribution in [3.8, 4) is 0 Å². The predicted molar refractivity (Wildman–Crippen MR) is 58.1 cm³/mol. The Morgan fingerprint density at radius 3 is 2.43 bits per heavy atom. The molecule has 0 aromatic heterocycles. The van der Waals surface area contributed by atoms with E-state index in [4.69, 9.17) is 9.84 Å². The molecule has 0 heterocycles. The number of carboxylic acids is 1. The summed E-state index contributed by atoms with van der Waals surface area (Å²) < 4.78 is 5.10. The zero-order chi connectivity index (χ0) is 11.4. The Bertz CT molecular complexity index is 183. The minimum Gasteiger partial charge on any atom is -0.493 e. The van der Waals surface area contributed by atoms with E-state index in [1.165, 1.54) is 0 Å². The first-order valence-electron chi connectivity index (χ1n) is 4.88. The lowest BCUT2D eigenvalue weighted by Gasteiger charge is -2.03. The Labute approximate surface area is 86.1 Å². The second kappa shape index (κ2) is 11.8. The zero-order valence-electron chi connectivity index (χ0n) is 9.25. The first-order chi connectivity index (χ1) is 6.70. The Balaban J connectivity index is 0. The summed E-state index contributed by atoms with van der Waals surface area (Å²) in [7, 11) is 0. The number of ether oxygens (including phenoxy) is 1. The maximum atomic E-state index is 10.1. The van der Waals surface area contributed by atoms with Crippen LogP contribution in [0.2, 0.25) is 0 Å². The number of carbonyl (C=O) groups is 1. The number of rotatable bonds is 6. The van der Waals surface area contributed by atoms with Gasteiger partial charge in [0.15, 0.2) is 0 Å². The van der Waals surface area contributed by atoms with Gasteiger partial charge < -0.3 is 9.84 Å². The Kier molecular flexibility index (Phi) is 12.8. The van der Waals surface area contributed by atoms with E-state index in [-0.39, 0.29) is 13.0 Å². The van der Waals surface area contributed by atoms with Crippen LogP contribution >= 0.6 is 0 Å². The molecule has 3 nitrogen and oxygen atoms in total. The fourth-order valence-electron chi connectivity index (χ4n) is 0.659. The molecule has 0 fully saturated rings. The molecule has 0 aliphatic carbocycles. The van der Waals surface area contributed by atoms with Crippen molar-refractivity contribution in [2.75, 3.05) is 6.61 Å². The van der Waals surface area contributed by atoms with Gasteiger partial charge in [-0.05, 0) is 18.6 Å². The van der Waals surface area contributed by atoms with Gasteiger partial charge in [-0.3, -0.25) is 4.79 Å².